The summed E-state index contributed by atoms with van der Waals surface area (Å²) >= 11 is 6.19. The van der Waals surface area contributed by atoms with Crippen molar-refractivity contribution in [3.8, 4) is 0 Å². The van der Waals surface area contributed by atoms with Crippen LogP contribution in [0.1, 0.15) is 31.9 Å². The van der Waals surface area contributed by atoms with Crippen LogP contribution in [0.4, 0.5) is 5.69 Å². The summed E-state index contributed by atoms with van der Waals surface area (Å²) in [6, 6.07) is 4.61. The van der Waals surface area contributed by atoms with Crippen LogP contribution in [0.3, 0.4) is 0 Å². The fourth-order valence-electron chi connectivity index (χ4n) is 2.21. The summed E-state index contributed by atoms with van der Waals surface area (Å²) in [6.45, 7) is 3.93. The van der Waals surface area contributed by atoms with Gasteiger partial charge in [-0.15, -0.1) is 11.6 Å². The average molecular weight is 280 g/mol. The Morgan fingerprint density at radius 2 is 2.16 bits per heavy atom. The number of aromatic nitrogens is 2. The number of non-ortho nitro benzene ring substituents is 1. The molecule has 100 valence electrons. The molecule has 6 heteroatoms. The molecular weight excluding hydrogens is 266 g/mol. The van der Waals surface area contributed by atoms with Gasteiger partial charge in [0, 0.05) is 28.8 Å². The molecule has 1 aromatic heterocycles. The topological polar surface area (TPSA) is 68.9 Å². The second kappa shape index (κ2) is 5.48. The molecule has 2 aromatic rings. The van der Waals surface area contributed by atoms with Crippen molar-refractivity contribution >= 4 is 28.2 Å². The molecular formula is C13H14ClN3O2. The van der Waals surface area contributed by atoms with Gasteiger partial charge in [0.05, 0.1) is 16.1 Å². The number of nitro benzene ring substituents is 1. The van der Waals surface area contributed by atoms with Crippen LogP contribution in [0.5, 0.6) is 0 Å². The molecule has 0 aliphatic carbocycles. The first-order valence-corrected chi connectivity index (χ1v) is 6.51. The number of nitro groups is 1. The first-order chi connectivity index (χ1) is 9.04. The molecule has 0 fully saturated rings. The highest BCUT2D eigenvalue weighted by Gasteiger charge is 2.21. The number of fused-ring (bicyclic) bond motifs is 1. The zero-order valence-electron chi connectivity index (χ0n) is 10.7. The van der Waals surface area contributed by atoms with Crippen LogP contribution in [0.25, 0.3) is 10.9 Å². The van der Waals surface area contributed by atoms with Crippen LogP contribution in [0.2, 0.25) is 0 Å². The monoisotopic (exact) mass is 279 g/mol. The number of rotatable bonds is 4. The third kappa shape index (κ3) is 2.66. The minimum atomic E-state index is -0.415. The van der Waals surface area contributed by atoms with Gasteiger partial charge in [-0.3, -0.25) is 10.1 Å². The van der Waals surface area contributed by atoms with Gasteiger partial charge >= 0.3 is 0 Å². The molecule has 2 atom stereocenters. The Morgan fingerprint density at radius 3 is 2.74 bits per heavy atom. The predicted molar refractivity (Wildman–Crippen MR) is 74.5 cm³/mol. The van der Waals surface area contributed by atoms with Crippen molar-refractivity contribution in [1.29, 1.82) is 0 Å². The third-order valence-corrected chi connectivity index (χ3v) is 3.51. The maximum atomic E-state index is 10.9. The molecule has 5 nitrogen and oxygen atoms in total. The second-order valence-corrected chi connectivity index (χ2v) is 5.10. The summed E-state index contributed by atoms with van der Waals surface area (Å²) in [5.74, 6) is 0.0502. The first-order valence-electron chi connectivity index (χ1n) is 6.07. The number of alkyl halides is 1. The summed E-state index contributed by atoms with van der Waals surface area (Å²) in [4.78, 5) is 18.9. The number of halogens is 1. The molecule has 0 amide bonds. The van der Waals surface area contributed by atoms with E-state index < -0.39 is 4.92 Å². The van der Waals surface area contributed by atoms with E-state index in [2.05, 4.69) is 9.97 Å². The van der Waals surface area contributed by atoms with E-state index in [-0.39, 0.29) is 17.0 Å². The maximum Gasteiger partial charge on any atom is 0.270 e. The number of benzene rings is 1. The van der Waals surface area contributed by atoms with Gasteiger partial charge < -0.3 is 0 Å². The lowest BCUT2D eigenvalue weighted by atomic mass is 9.95. The van der Waals surface area contributed by atoms with Gasteiger partial charge in [0.15, 0.2) is 0 Å². The predicted octanol–water partition coefficient (Wildman–Crippen LogP) is 3.66. The maximum absolute atomic E-state index is 10.9. The zero-order valence-corrected chi connectivity index (χ0v) is 11.5. The number of hydrogen-bond acceptors (Lipinski definition) is 4. The van der Waals surface area contributed by atoms with Crippen molar-refractivity contribution in [1.82, 2.24) is 9.97 Å². The van der Waals surface area contributed by atoms with Crippen molar-refractivity contribution in [3.05, 3.63) is 40.3 Å². The highest BCUT2D eigenvalue weighted by atomic mass is 35.5. The molecule has 0 aliphatic rings. The molecule has 1 aromatic carbocycles. The molecule has 2 unspecified atom stereocenters. The van der Waals surface area contributed by atoms with Gasteiger partial charge in [-0.1, -0.05) is 6.92 Å². The van der Waals surface area contributed by atoms with Crippen LogP contribution in [0.15, 0.2) is 24.5 Å². The van der Waals surface area contributed by atoms with Gasteiger partial charge in [0.2, 0.25) is 0 Å². The third-order valence-electron chi connectivity index (χ3n) is 3.21. The largest absolute Gasteiger partial charge is 0.270 e. The van der Waals surface area contributed by atoms with Crippen LogP contribution < -0.4 is 0 Å². The van der Waals surface area contributed by atoms with Gasteiger partial charge in [0.1, 0.15) is 6.33 Å². The highest BCUT2D eigenvalue weighted by Crippen LogP contribution is 2.31. The summed E-state index contributed by atoms with van der Waals surface area (Å²) in [7, 11) is 0. The van der Waals surface area contributed by atoms with E-state index in [4.69, 9.17) is 11.6 Å². The van der Waals surface area contributed by atoms with Gasteiger partial charge in [-0.05, 0) is 19.4 Å². The molecule has 0 spiro atoms. The molecule has 0 N–H and O–H groups in total. The SMILES string of the molecule is CCC(c1ncnc2ccc([N+](=O)[O-])cc12)C(C)Cl. The Hall–Kier alpha value is -1.75. The van der Waals surface area contributed by atoms with E-state index in [1.54, 1.807) is 6.07 Å². The summed E-state index contributed by atoms with van der Waals surface area (Å²) in [5, 5.41) is 11.5. The summed E-state index contributed by atoms with van der Waals surface area (Å²) < 4.78 is 0. The zero-order chi connectivity index (χ0) is 14.0. The number of nitrogens with zero attached hydrogens (tertiary/aromatic N) is 3. The van der Waals surface area contributed by atoms with E-state index in [9.17, 15) is 10.1 Å². The Bertz CT molecular complexity index is 616. The highest BCUT2D eigenvalue weighted by molar-refractivity contribution is 6.21. The number of hydrogen-bond donors (Lipinski definition) is 0. The van der Waals surface area contributed by atoms with Crippen LogP contribution in [-0.2, 0) is 0 Å². The Morgan fingerprint density at radius 1 is 1.42 bits per heavy atom. The lowest BCUT2D eigenvalue weighted by Crippen LogP contribution is -2.11. The Balaban J connectivity index is 2.66. The van der Waals surface area contributed by atoms with Crippen molar-refractivity contribution in [2.75, 3.05) is 0 Å². The lowest BCUT2D eigenvalue weighted by Gasteiger charge is -2.18. The van der Waals surface area contributed by atoms with Crippen molar-refractivity contribution in [3.63, 3.8) is 0 Å². The van der Waals surface area contributed by atoms with Crippen molar-refractivity contribution in [2.45, 2.75) is 31.6 Å². The van der Waals surface area contributed by atoms with Gasteiger partial charge in [0.25, 0.3) is 5.69 Å². The van der Waals surface area contributed by atoms with E-state index >= 15 is 0 Å². The Labute approximate surface area is 115 Å². The van der Waals surface area contributed by atoms with E-state index in [1.165, 1.54) is 18.5 Å². The molecule has 0 aliphatic heterocycles. The fourth-order valence-corrected chi connectivity index (χ4v) is 2.51. The second-order valence-electron chi connectivity index (χ2n) is 4.41. The van der Waals surface area contributed by atoms with E-state index in [1.807, 2.05) is 13.8 Å². The quantitative estimate of drug-likeness (QED) is 0.486. The molecule has 0 radical (unpaired) electrons. The molecule has 0 saturated heterocycles. The molecule has 0 bridgehead atoms. The lowest BCUT2D eigenvalue weighted by molar-refractivity contribution is -0.384. The molecule has 0 saturated carbocycles. The summed E-state index contributed by atoms with van der Waals surface area (Å²) in [5.41, 5.74) is 1.52. The normalized spacial score (nSPS) is 14.3. The van der Waals surface area contributed by atoms with Gasteiger partial charge in [-0.2, -0.15) is 0 Å². The van der Waals surface area contributed by atoms with Crippen LogP contribution in [-0.4, -0.2) is 20.3 Å². The van der Waals surface area contributed by atoms with Gasteiger partial charge in [-0.25, -0.2) is 9.97 Å². The smallest absolute Gasteiger partial charge is 0.258 e. The fraction of sp³-hybridized carbons (Fsp3) is 0.385. The van der Waals surface area contributed by atoms with Crippen LogP contribution in [0, 0.1) is 10.1 Å². The average Bonchev–Trinajstić information content (AvgIpc) is 2.38. The standard InChI is InChI=1S/C13H14ClN3O2/c1-3-10(8(2)14)13-11-6-9(17(18)19)4-5-12(11)15-7-16-13/h4-8,10H,3H2,1-2H3. The van der Waals surface area contributed by atoms with Crippen molar-refractivity contribution < 1.29 is 4.92 Å². The minimum absolute atomic E-state index is 0.0422. The van der Waals surface area contributed by atoms with Crippen molar-refractivity contribution in [2.24, 2.45) is 0 Å². The van der Waals surface area contributed by atoms with E-state index in [0.29, 0.717) is 10.9 Å². The Kier molecular flexibility index (Phi) is 3.95. The first kappa shape index (κ1) is 13.7. The molecule has 19 heavy (non-hydrogen) atoms. The molecule has 1 heterocycles. The van der Waals surface area contributed by atoms with E-state index in [0.717, 1.165) is 12.1 Å². The molecule has 2 rings (SSSR count). The van der Waals surface area contributed by atoms with Crippen LogP contribution >= 0.6 is 11.6 Å². The minimum Gasteiger partial charge on any atom is -0.258 e. The summed E-state index contributed by atoms with van der Waals surface area (Å²) in [6.07, 6.45) is 2.30.